The number of aliphatic hydroxyl groups is 2. The van der Waals surface area contributed by atoms with Crippen molar-refractivity contribution in [2.24, 2.45) is 0 Å². The van der Waals surface area contributed by atoms with Crippen molar-refractivity contribution in [2.75, 3.05) is 6.61 Å². The fraction of sp³-hybridized carbons (Fsp3) is 0.455. The molecule has 0 spiro atoms. The second-order valence-corrected chi connectivity index (χ2v) is 3.12. The highest BCUT2D eigenvalue weighted by atomic mass is 16.6. The van der Waals surface area contributed by atoms with Gasteiger partial charge in [0.05, 0.1) is 6.61 Å². The summed E-state index contributed by atoms with van der Waals surface area (Å²) in [6.45, 7) is 0.499. The largest absolute Gasteiger partial charge is 0.396 e. The summed E-state index contributed by atoms with van der Waals surface area (Å²) in [6, 6.07) is 9.68. The fourth-order valence-corrected chi connectivity index (χ4v) is 1.12. The van der Waals surface area contributed by atoms with Gasteiger partial charge in [-0.05, 0) is 12.0 Å². The monoisotopic (exact) mass is 196 g/mol. The van der Waals surface area contributed by atoms with Gasteiger partial charge in [-0.3, -0.25) is 0 Å². The Hall–Kier alpha value is -0.900. The predicted octanol–water partition coefficient (Wildman–Crippen LogP) is 1.29. The number of ether oxygens (including phenoxy) is 1. The van der Waals surface area contributed by atoms with Crippen LogP contribution in [0.15, 0.2) is 30.3 Å². The average molecular weight is 196 g/mol. The molecule has 0 heterocycles. The summed E-state index contributed by atoms with van der Waals surface area (Å²) in [4.78, 5) is 0. The van der Waals surface area contributed by atoms with E-state index >= 15 is 0 Å². The van der Waals surface area contributed by atoms with Crippen LogP contribution in [0.1, 0.15) is 18.4 Å². The van der Waals surface area contributed by atoms with Gasteiger partial charge < -0.3 is 14.9 Å². The van der Waals surface area contributed by atoms with Gasteiger partial charge in [0.25, 0.3) is 0 Å². The Balaban J connectivity index is 2.20. The Kier molecular flexibility index (Phi) is 5.22. The predicted molar refractivity (Wildman–Crippen MR) is 53.6 cm³/mol. The molecule has 1 rings (SSSR count). The van der Waals surface area contributed by atoms with Crippen molar-refractivity contribution in [1.82, 2.24) is 0 Å². The lowest BCUT2D eigenvalue weighted by Gasteiger charge is -2.10. The molecule has 0 aromatic heterocycles. The topological polar surface area (TPSA) is 49.7 Å². The van der Waals surface area contributed by atoms with Gasteiger partial charge in [0, 0.05) is 13.0 Å². The van der Waals surface area contributed by atoms with Crippen LogP contribution >= 0.6 is 0 Å². The lowest BCUT2D eigenvalue weighted by molar-refractivity contribution is -0.113. The van der Waals surface area contributed by atoms with E-state index < -0.39 is 6.29 Å². The van der Waals surface area contributed by atoms with Gasteiger partial charge in [-0.15, -0.1) is 0 Å². The SMILES string of the molecule is OCCCC(O)OCc1ccccc1. The van der Waals surface area contributed by atoms with Gasteiger partial charge in [-0.2, -0.15) is 0 Å². The Bertz CT molecular complexity index is 236. The second-order valence-electron chi connectivity index (χ2n) is 3.12. The Morgan fingerprint density at radius 3 is 2.57 bits per heavy atom. The first-order valence-electron chi connectivity index (χ1n) is 4.77. The molecule has 0 aliphatic carbocycles. The van der Waals surface area contributed by atoms with E-state index in [1.165, 1.54) is 0 Å². The van der Waals surface area contributed by atoms with Crippen LogP contribution in [0.2, 0.25) is 0 Å². The van der Waals surface area contributed by atoms with Crippen LogP contribution in [0.25, 0.3) is 0 Å². The van der Waals surface area contributed by atoms with Crippen LogP contribution in [-0.4, -0.2) is 23.1 Å². The number of rotatable bonds is 6. The van der Waals surface area contributed by atoms with Crippen LogP contribution in [0.4, 0.5) is 0 Å². The van der Waals surface area contributed by atoms with Crippen LogP contribution in [-0.2, 0) is 11.3 Å². The van der Waals surface area contributed by atoms with Crippen LogP contribution in [0, 0.1) is 0 Å². The highest BCUT2D eigenvalue weighted by Gasteiger charge is 2.03. The van der Waals surface area contributed by atoms with Gasteiger partial charge in [0.1, 0.15) is 0 Å². The second kappa shape index (κ2) is 6.54. The van der Waals surface area contributed by atoms with Crippen molar-refractivity contribution in [3.63, 3.8) is 0 Å². The smallest absolute Gasteiger partial charge is 0.155 e. The molecule has 14 heavy (non-hydrogen) atoms. The first kappa shape index (κ1) is 11.2. The van der Waals surface area contributed by atoms with Crippen molar-refractivity contribution < 1.29 is 14.9 Å². The summed E-state index contributed by atoms with van der Waals surface area (Å²) < 4.78 is 5.17. The summed E-state index contributed by atoms with van der Waals surface area (Å²) in [5.41, 5.74) is 1.04. The average Bonchev–Trinajstić information content (AvgIpc) is 2.25. The van der Waals surface area contributed by atoms with E-state index in [1.54, 1.807) is 0 Å². The molecule has 0 aliphatic rings. The van der Waals surface area contributed by atoms with Crippen molar-refractivity contribution >= 4 is 0 Å². The molecule has 3 heteroatoms. The van der Waals surface area contributed by atoms with Gasteiger partial charge in [0.15, 0.2) is 6.29 Å². The summed E-state index contributed by atoms with van der Waals surface area (Å²) in [5, 5.41) is 17.8. The molecule has 0 aliphatic heterocycles. The summed E-state index contributed by atoms with van der Waals surface area (Å²) in [7, 11) is 0. The standard InChI is InChI=1S/C11H16O3/c12-8-4-7-11(13)14-9-10-5-2-1-3-6-10/h1-3,5-6,11-13H,4,7-9H2. The molecule has 0 amide bonds. The normalized spacial score (nSPS) is 12.7. The van der Waals surface area contributed by atoms with E-state index in [0.29, 0.717) is 19.4 Å². The zero-order valence-electron chi connectivity index (χ0n) is 8.10. The van der Waals surface area contributed by atoms with E-state index in [1.807, 2.05) is 30.3 Å². The molecule has 0 radical (unpaired) electrons. The van der Waals surface area contributed by atoms with E-state index in [2.05, 4.69) is 0 Å². The third-order valence-corrected chi connectivity index (χ3v) is 1.89. The maximum atomic E-state index is 9.31. The molecular formula is C11H16O3. The molecule has 0 saturated heterocycles. The number of hydrogen-bond acceptors (Lipinski definition) is 3. The Morgan fingerprint density at radius 2 is 1.93 bits per heavy atom. The van der Waals surface area contributed by atoms with Crippen molar-refractivity contribution in [2.45, 2.75) is 25.7 Å². The first-order valence-corrected chi connectivity index (χ1v) is 4.77. The van der Waals surface area contributed by atoms with Crippen molar-refractivity contribution in [1.29, 1.82) is 0 Å². The summed E-state index contributed by atoms with van der Waals surface area (Å²) in [5.74, 6) is 0. The molecule has 1 aromatic rings. The number of hydrogen-bond donors (Lipinski definition) is 2. The summed E-state index contributed by atoms with van der Waals surface area (Å²) >= 11 is 0. The molecule has 0 saturated carbocycles. The Morgan fingerprint density at radius 1 is 1.21 bits per heavy atom. The molecule has 1 aromatic carbocycles. The van der Waals surface area contributed by atoms with E-state index in [4.69, 9.17) is 9.84 Å². The first-order chi connectivity index (χ1) is 6.83. The highest BCUT2D eigenvalue weighted by Crippen LogP contribution is 2.05. The van der Waals surface area contributed by atoms with Gasteiger partial charge in [0.2, 0.25) is 0 Å². The zero-order chi connectivity index (χ0) is 10.2. The number of benzene rings is 1. The van der Waals surface area contributed by atoms with E-state index in [-0.39, 0.29) is 6.61 Å². The molecule has 78 valence electrons. The maximum absolute atomic E-state index is 9.31. The van der Waals surface area contributed by atoms with Crippen LogP contribution in [0.5, 0.6) is 0 Å². The minimum Gasteiger partial charge on any atom is -0.396 e. The third-order valence-electron chi connectivity index (χ3n) is 1.89. The number of aliphatic hydroxyl groups excluding tert-OH is 2. The molecule has 0 bridgehead atoms. The molecule has 3 nitrogen and oxygen atoms in total. The quantitative estimate of drug-likeness (QED) is 0.674. The van der Waals surface area contributed by atoms with Crippen LogP contribution < -0.4 is 0 Å². The zero-order valence-corrected chi connectivity index (χ0v) is 8.10. The van der Waals surface area contributed by atoms with E-state index in [9.17, 15) is 5.11 Å². The maximum Gasteiger partial charge on any atom is 0.155 e. The van der Waals surface area contributed by atoms with Gasteiger partial charge >= 0.3 is 0 Å². The molecule has 2 N–H and O–H groups in total. The minimum absolute atomic E-state index is 0.0890. The molecule has 1 unspecified atom stereocenters. The molecule has 1 atom stereocenters. The summed E-state index contributed by atoms with van der Waals surface area (Å²) in [6.07, 6.45) is 0.265. The Labute approximate surface area is 84.0 Å². The van der Waals surface area contributed by atoms with E-state index in [0.717, 1.165) is 5.56 Å². The highest BCUT2D eigenvalue weighted by molar-refractivity contribution is 5.13. The minimum atomic E-state index is -0.776. The fourth-order valence-electron chi connectivity index (χ4n) is 1.12. The van der Waals surface area contributed by atoms with Gasteiger partial charge in [-0.1, -0.05) is 30.3 Å². The lowest BCUT2D eigenvalue weighted by Crippen LogP contribution is -2.12. The van der Waals surface area contributed by atoms with Crippen molar-refractivity contribution in [3.05, 3.63) is 35.9 Å². The van der Waals surface area contributed by atoms with Crippen LogP contribution in [0.3, 0.4) is 0 Å². The third kappa shape index (κ3) is 4.37. The molecule has 0 fully saturated rings. The van der Waals surface area contributed by atoms with Gasteiger partial charge in [-0.25, -0.2) is 0 Å². The molecular weight excluding hydrogens is 180 g/mol. The van der Waals surface area contributed by atoms with Crippen molar-refractivity contribution in [3.8, 4) is 0 Å². The lowest BCUT2D eigenvalue weighted by atomic mass is 10.2.